The van der Waals surface area contributed by atoms with E-state index in [1.54, 1.807) is 6.20 Å². The highest BCUT2D eigenvalue weighted by Gasteiger charge is 2.23. The van der Waals surface area contributed by atoms with Gasteiger partial charge in [-0.05, 0) is 30.2 Å². The fraction of sp³-hybridized carbons (Fsp3) is 0.474. The van der Waals surface area contributed by atoms with Crippen LogP contribution in [0.5, 0.6) is 0 Å². The quantitative estimate of drug-likeness (QED) is 0.863. The summed E-state index contributed by atoms with van der Waals surface area (Å²) < 4.78 is 1.86. The lowest BCUT2D eigenvalue weighted by atomic mass is 10.1. The Kier molecular flexibility index (Phi) is 5.83. The van der Waals surface area contributed by atoms with Crippen LogP contribution in [0.2, 0.25) is 0 Å². The van der Waals surface area contributed by atoms with Gasteiger partial charge in [-0.15, -0.1) is 0 Å². The zero-order valence-electron chi connectivity index (χ0n) is 14.7. The van der Waals surface area contributed by atoms with Crippen LogP contribution in [0.3, 0.4) is 0 Å². The number of hydrogen-bond acceptors (Lipinski definition) is 4. The molecule has 6 heteroatoms. The monoisotopic (exact) mass is 342 g/mol. The molecule has 2 heterocycles. The molecule has 1 atom stereocenters. The van der Waals surface area contributed by atoms with Gasteiger partial charge in [-0.1, -0.05) is 19.1 Å². The van der Waals surface area contributed by atoms with E-state index in [-0.39, 0.29) is 12.0 Å². The highest BCUT2D eigenvalue weighted by molar-refractivity contribution is 5.94. The maximum atomic E-state index is 12.7. The summed E-state index contributed by atoms with van der Waals surface area (Å²) in [4.78, 5) is 16.8. The first-order valence-corrected chi connectivity index (χ1v) is 8.91. The number of piperazine rings is 1. The van der Waals surface area contributed by atoms with E-state index in [1.807, 2.05) is 53.0 Å². The van der Waals surface area contributed by atoms with Gasteiger partial charge in [-0.2, -0.15) is 5.10 Å². The molecule has 0 bridgehead atoms. The fourth-order valence-corrected chi connectivity index (χ4v) is 3.08. The topological polar surface area (TPSA) is 61.6 Å². The fourth-order valence-electron chi connectivity index (χ4n) is 3.08. The highest BCUT2D eigenvalue weighted by Crippen LogP contribution is 2.12. The molecule has 25 heavy (non-hydrogen) atoms. The van der Waals surface area contributed by atoms with Gasteiger partial charge in [0.15, 0.2) is 0 Å². The number of carbonyl (C=O) groups is 1. The smallest absolute Gasteiger partial charge is 0.253 e. The summed E-state index contributed by atoms with van der Waals surface area (Å²) in [5.74, 6) is 0.0846. The number of carbonyl (C=O) groups excluding carboxylic acids is 1. The molecule has 0 spiro atoms. The molecular weight excluding hydrogens is 316 g/mol. The van der Waals surface area contributed by atoms with Gasteiger partial charge >= 0.3 is 0 Å². The minimum atomic E-state index is -0.274. The second-order valence-electron chi connectivity index (χ2n) is 6.56. The van der Waals surface area contributed by atoms with Crippen LogP contribution in [0.4, 0.5) is 0 Å². The molecule has 134 valence electrons. The van der Waals surface area contributed by atoms with E-state index in [2.05, 4.69) is 10.00 Å². The van der Waals surface area contributed by atoms with Crippen molar-refractivity contribution >= 4 is 5.91 Å². The van der Waals surface area contributed by atoms with Crippen LogP contribution in [-0.2, 0) is 6.54 Å². The van der Waals surface area contributed by atoms with Gasteiger partial charge < -0.3 is 10.0 Å². The van der Waals surface area contributed by atoms with Crippen molar-refractivity contribution in [3.63, 3.8) is 0 Å². The summed E-state index contributed by atoms with van der Waals surface area (Å²) in [5.41, 5.74) is 1.85. The normalized spacial score (nSPS) is 16.8. The average Bonchev–Trinajstić information content (AvgIpc) is 3.15. The van der Waals surface area contributed by atoms with Crippen molar-refractivity contribution in [2.24, 2.45) is 0 Å². The number of β-amino-alcohol motifs (C(OH)–C–C–N with tert-alkyl or cyclic N) is 1. The summed E-state index contributed by atoms with van der Waals surface area (Å²) in [6.45, 7) is 6.45. The van der Waals surface area contributed by atoms with E-state index < -0.39 is 0 Å². The molecule has 1 aromatic heterocycles. The lowest BCUT2D eigenvalue weighted by Gasteiger charge is -2.35. The number of aliphatic hydroxyl groups excluding tert-OH is 1. The van der Waals surface area contributed by atoms with Crippen molar-refractivity contribution in [2.45, 2.75) is 26.0 Å². The average molecular weight is 342 g/mol. The van der Waals surface area contributed by atoms with Crippen LogP contribution >= 0.6 is 0 Å². The summed E-state index contributed by atoms with van der Waals surface area (Å²) in [5, 5.41) is 13.9. The van der Waals surface area contributed by atoms with E-state index in [1.165, 1.54) is 0 Å². The minimum Gasteiger partial charge on any atom is -0.392 e. The van der Waals surface area contributed by atoms with Crippen LogP contribution in [0.15, 0.2) is 42.7 Å². The molecule has 3 rings (SSSR count). The van der Waals surface area contributed by atoms with Crippen LogP contribution in [0.1, 0.15) is 29.3 Å². The number of aromatic nitrogens is 2. The number of nitrogens with zero attached hydrogens (tertiary/aromatic N) is 4. The van der Waals surface area contributed by atoms with Gasteiger partial charge in [0.1, 0.15) is 0 Å². The molecule has 1 aliphatic heterocycles. The first kappa shape index (κ1) is 17.6. The second-order valence-corrected chi connectivity index (χ2v) is 6.56. The highest BCUT2D eigenvalue weighted by atomic mass is 16.3. The Balaban J connectivity index is 1.53. The van der Waals surface area contributed by atoms with Crippen LogP contribution < -0.4 is 0 Å². The largest absolute Gasteiger partial charge is 0.392 e. The summed E-state index contributed by atoms with van der Waals surface area (Å²) in [7, 11) is 0. The molecule has 1 aliphatic rings. The molecule has 1 amide bonds. The van der Waals surface area contributed by atoms with Crippen molar-refractivity contribution in [3.05, 3.63) is 53.9 Å². The Labute approximate surface area is 148 Å². The number of benzene rings is 1. The molecule has 1 N–H and O–H groups in total. The maximum Gasteiger partial charge on any atom is 0.253 e. The SMILES string of the molecule is CCC(O)CN1CCN(C(=O)c2ccc(Cn3cccn3)cc2)CC1. The van der Waals surface area contributed by atoms with Crippen LogP contribution in [0.25, 0.3) is 0 Å². The van der Waals surface area contributed by atoms with Gasteiger partial charge in [-0.3, -0.25) is 14.4 Å². The molecule has 1 aromatic carbocycles. The first-order valence-electron chi connectivity index (χ1n) is 8.91. The van der Waals surface area contributed by atoms with Crippen molar-refractivity contribution in [2.75, 3.05) is 32.7 Å². The molecule has 0 saturated carbocycles. The van der Waals surface area contributed by atoms with E-state index in [0.717, 1.165) is 30.6 Å². The van der Waals surface area contributed by atoms with E-state index >= 15 is 0 Å². The molecule has 1 saturated heterocycles. The third-order valence-corrected chi connectivity index (χ3v) is 4.70. The molecule has 6 nitrogen and oxygen atoms in total. The Bertz CT molecular complexity index is 661. The number of aliphatic hydroxyl groups is 1. The van der Waals surface area contributed by atoms with Crippen LogP contribution in [0, 0.1) is 0 Å². The van der Waals surface area contributed by atoms with Gasteiger partial charge in [0.25, 0.3) is 5.91 Å². The third kappa shape index (κ3) is 4.67. The van der Waals surface area contributed by atoms with E-state index in [4.69, 9.17) is 0 Å². The summed E-state index contributed by atoms with van der Waals surface area (Å²) >= 11 is 0. The number of rotatable bonds is 6. The van der Waals surface area contributed by atoms with Gasteiger partial charge in [0.2, 0.25) is 0 Å². The minimum absolute atomic E-state index is 0.0846. The van der Waals surface area contributed by atoms with E-state index in [0.29, 0.717) is 26.2 Å². The number of amides is 1. The maximum absolute atomic E-state index is 12.7. The van der Waals surface area contributed by atoms with Gasteiger partial charge in [0.05, 0.1) is 12.6 Å². The van der Waals surface area contributed by atoms with Gasteiger partial charge in [-0.25, -0.2) is 0 Å². The lowest BCUT2D eigenvalue weighted by molar-refractivity contribution is 0.0524. The number of hydrogen-bond donors (Lipinski definition) is 1. The molecule has 0 aliphatic carbocycles. The molecule has 0 radical (unpaired) electrons. The van der Waals surface area contributed by atoms with E-state index in [9.17, 15) is 9.90 Å². The first-order chi connectivity index (χ1) is 12.2. The van der Waals surface area contributed by atoms with Crippen molar-refractivity contribution in [1.29, 1.82) is 0 Å². The Morgan fingerprint density at radius 1 is 1.20 bits per heavy atom. The lowest BCUT2D eigenvalue weighted by Crippen LogP contribution is -2.50. The van der Waals surface area contributed by atoms with Gasteiger partial charge in [0, 0.05) is 50.7 Å². The summed E-state index contributed by atoms with van der Waals surface area (Å²) in [6.07, 6.45) is 4.18. The zero-order valence-corrected chi connectivity index (χ0v) is 14.7. The predicted octanol–water partition coefficient (Wildman–Crippen LogP) is 1.46. The zero-order chi connectivity index (χ0) is 17.6. The van der Waals surface area contributed by atoms with Crippen LogP contribution in [-0.4, -0.2) is 69.4 Å². The second kappa shape index (κ2) is 8.27. The van der Waals surface area contributed by atoms with Crippen molar-refractivity contribution in [3.8, 4) is 0 Å². The molecular formula is C19H26N4O2. The Morgan fingerprint density at radius 3 is 2.52 bits per heavy atom. The Hall–Kier alpha value is -2.18. The molecule has 1 unspecified atom stereocenters. The van der Waals surface area contributed by atoms with Crippen molar-refractivity contribution in [1.82, 2.24) is 19.6 Å². The third-order valence-electron chi connectivity index (χ3n) is 4.70. The Morgan fingerprint density at radius 2 is 1.92 bits per heavy atom. The van der Waals surface area contributed by atoms with Crippen molar-refractivity contribution < 1.29 is 9.90 Å². The summed E-state index contributed by atoms with van der Waals surface area (Å²) in [6, 6.07) is 9.67. The molecule has 2 aromatic rings. The predicted molar refractivity (Wildman–Crippen MR) is 96.4 cm³/mol. The molecule has 1 fully saturated rings. The standard InChI is InChI=1S/C19H26N4O2/c1-2-18(24)15-21-10-12-22(13-11-21)19(25)17-6-4-16(5-7-17)14-23-9-3-8-20-23/h3-9,18,24H,2,10-15H2,1H3.